The molecule has 2 N–H and O–H groups in total. The Morgan fingerprint density at radius 3 is 2.57 bits per heavy atom. The minimum atomic E-state index is -1.09. The van der Waals surface area contributed by atoms with Crippen molar-refractivity contribution in [2.45, 2.75) is 20.0 Å². The van der Waals surface area contributed by atoms with Crippen molar-refractivity contribution < 1.29 is 18.7 Å². The maximum Gasteiger partial charge on any atom is 0.343 e. The van der Waals surface area contributed by atoms with Crippen molar-refractivity contribution in [2.75, 3.05) is 0 Å². The lowest BCUT2D eigenvalue weighted by molar-refractivity contribution is -0.125. The second kappa shape index (κ2) is 5.54. The Morgan fingerprint density at radius 1 is 1.43 bits per heavy atom. The minimum Gasteiger partial charge on any atom is -0.449 e. The van der Waals surface area contributed by atoms with Crippen molar-refractivity contribution in [1.29, 1.82) is 5.26 Å². The maximum absolute atomic E-state index is 12.1. The van der Waals surface area contributed by atoms with Crippen LogP contribution in [-0.4, -0.2) is 22.5 Å². The van der Waals surface area contributed by atoms with Gasteiger partial charge in [-0.1, -0.05) is 0 Å². The van der Waals surface area contributed by atoms with Crippen LogP contribution in [0.25, 0.3) is 5.88 Å². The fraction of sp³-hybridized carbons (Fsp3) is 0.214. The standard InChI is InChI=1S/C14H13N3O4/c1-8-11(14(19)21-9(2)12(16)18)10(7-15)13(20-8)17-5-3-4-6-17/h3-6,9H,1-2H3,(H2,16,18)/t9-/m0/s1. The molecule has 0 bridgehead atoms. The van der Waals surface area contributed by atoms with Crippen LogP contribution in [0.1, 0.15) is 28.6 Å². The molecule has 0 saturated carbocycles. The van der Waals surface area contributed by atoms with E-state index in [1.54, 1.807) is 36.0 Å². The van der Waals surface area contributed by atoms with Crippen LogP contribution in [0.3, 0.4) is 0 Å². The second-order valence-electron chi connectivity index (χ2n) is 4.37. The molecule has 1 amide bonds. The van der Waals surface area contributed by atoms with Crippen molar-refractivity contribution in [2.24, 2.45) is 5.73 Å². The van der Waals surface area contributed by atoms with Crippen molar-refractivity contribution in [3.05, 3.63) is 41.4 Å². The van der Waals surface area contributed by atoms with E-state index in [4.69, 9.17) is 14.9 Å². The Labute approximate surface area is 120 Å². The fourth-order valence-electron chi connectivity index (χ4n) is 1.81. The van der Waals surface area contributed by atoms with Crippen molar-refractivity contribution in [3.63, 3.8) is 0 Å². The fourth-order valence-corrected chi connectivity index (χ4v) is 1.81. The Hall–Kier alpha value is -3.01. The van der Waals surface area contributed by atoms with Gasteiger partial charge in [0.15, 0.2) is 6.10 Å². The number of hydrogen-bond acceptors (Lipinski definition) is 5. The van der Waals surface area contributed by atoms with E-state index < -0.39 is 18.0 Å². The Balaban J connectivity index is 2.43. The highest BCUT2D eigenvalue weighted by molar-refractivity contribution is 5.96. The summed E-state index contributed by atoms with van der Waals surface area (Å²) in [7, 11) is 0. The lowest BCUT2D eigenvalue weighted by Crippen LogP contribution is -2.30. The summed E-state index contributed by atoms with van der Waals surface area (Å²) in [6.07, 6.45) is 2.27. The molecule has 1 atom stereocenters. The zero-order valence-corrected chi connectivity index (χ0v) is 11.5. The first-order valence-electron chi connectivity index (χ1n) is 6.12. The third-order valence-corrected chi connectivity index (χ3v) is 2.91. The number of ether oxygens (including phenoxy) is 1. The van der Waals surface area contributed by atoms with Crippen molar-refractivity contribution in [3.8, 4) is 12.0 Å². The summed E-state index contributed by atoms with van der Waals surface area (Å²) >= 11 is 0. The number of hydrogen-bond donors (Lipinski definition) is 1. The van der Waals surface area contributed by atoms with Gasteiger partial charge in [-0.3, -0.25) is 9.36 Å². The molecule has 0 aliphatic heterocycles. The van der Waals surface area contributed by atoms with E-state index in [-0.39, 0.29) is 22.8 Å². The molecule has 0 saturated heterocycles. The highest BCUT2D eigenvalue weighted by Gasteiger charge is 2.27. The molecule has 0 spiro atoms. The van der Waals surface area contributed by atoms with Gasteiger partial charge in [-0.05, 0) is 26.0 Å². The van der Waals surface area contributed by atoms with Crippen LogP contribution in [0, 0.1) is 18.3 Å². The van der Waals surface area contributed by atoms with Gasteiger partial charge in [0.1, 0.15) is 23.0 Å². The highest BCUT2D eigenvalue weighted by Crippen LogP contribution is 2.26. The summed E-state index contributed by atoms with van der Waals surface area (Å²) in [5.74, 6) is -1.14. The second-order valence-corrected chi connectivity index (χ2v) is 4.37. The van der Waals surface area contributed by atoms with E-state index in [0.717, 1.165) is 0 Å². The van der Waals surface area contributed by atoms with E-state index in [1.165, 1.54) is 6.92 Å². The summed E-state index contributed by atoms with van der Waals surface area (Å²) in [4.78, 5) is 23.0. The first kappa shape index (κ1) is 14.4. The van der Waals surface area contributed by atoms with E-state index in [0.29, 0.717) is 0 Å². The lowest BCUT2D eigenvalue weighted by atomic mass is 10.1. The number of carbonyl (C=O) groups excluding carboxylic acids is 2. The van der Waals surface area contributed by atoms with Gasteiger partial charge in [0.25, 0.3) is 5.91 Å². The van der Waals surface area contributed by atoms with Crippen molar-refractivity contribution in [1.82, 2.24) is 4.57 Å². The van der Waals surface area contributed by atoms with E-state index in [2.05, 4.69) is 0 Å². The molecule has 7 heteroatoms. The quantitative estimate of drug-likeness (QED) is 0.851. The lowest BCUT2D eigenvalue weighted by Gasteiger charge is -2.08. The summed E-state index contributed by atoms with van der Waals surface area (Å²) in [6.45, 7) is 2.90. The van der Waals surface area contributed by atoms with Gasteiger partial charge >= 0.3 is 5.97 Å². The third-order valence-electron chi connectivity index (χ3n) is 2.91. The number of primary amides is 1. The Morgan fingerprint density at radius 2 is 2.05 bits per heavy atom. The molecule has 0 aliphatic rings. The summed E-state index contributed by atoms with van der Waals surface area (Å²) in [5.41, 5.74) is 5.09. The smallest absolute Gasteiger partial charge is 0.343 e. The number of amides is 1. The molecule has 0 aliphatic carbocycles. The van der Waals surface area contributed by atoms with Crippen LogP contribution in [-0.2, 0) is 9.53 Å². The van der Waals surface area contributed by atoms with E-state index in [9.17, 15) is 14.9 Å². The number of nitrogens with two attached hydrogens (primary N) is 1. The van der Waals surface area contributed by atoms with Crippen LogP contribution in [0.5, 0.6) is 0 Å². The average Bonchev–Trinajstić information content (AvgIpc) is 3.04. The summed E-state index contributed by atoms with van der Waals surface area (Å²) in [5, 5.41) is 9.28. The molecule has 0 radical (unpaired) electrons. The van der Waals surface area contributed by atoms with Gasteiger partial charge in [-0.25, -0.2) is 4.79 Å². The molecule has 7 nitrogen and oxygen atoms in total. The zero-order chi connectivity index (χ0) is 15.6. The van der Waals surface area contributed by atoms with Gasteiger partial charge in [0.2, 0.25) is 5.88 Å². The Bertz CT molecular complexity index is 722. The zero-order valence-electron chi connectivity index (χ0n) is 11.5. The molecule has 21 heavy (non-hydrogen) atoms. The minimum absolute atomic E-state index is 0.00528. The van der Waals surface area contributed by atoms with E-state index in [1.807, 2.05) is 6.07 Å². The molecular formula is C14H13N3O4. The molecule has 108 valence electrons. The van der Waals surface area contributed by atoms with Crippen LogP contribution >= 0.6 is 0 Å². The number of furan rings is 1. The van der Waals surface area contributed by atoms with Gasteiger partial charge in [0.05, 0.1) is 0 Å². The van der Waals surface area contributed by atoms with Gasteiger partial charge < -0.3 is 14.9 Å². The van der Waals surface area contributed by atoms with Crippen LogP contribution in [0.4, 0.5) is 0 Å². The molecule has 2 heterocycles. The van der Waals surface area contributed by atoms with Crippen molar-refractivity contribution >= 4 is 11.9 Å². The number of nitrogens with zero attached hydrogens (tertiary/aromatic N) is 2. The molecule has 2 aromatic rings. The molecular weight excluding hydrogens is 274 g/mol. The number of esters is 1. The predicted octanol–water partition coefficient (Wildman–Crippen LogP) is 1.28. The Kier molecular flexibility index (Phi) is 3.80. The van der Waals surface area contributed by atoms with E-state index >= 15 is 0 Å². The number of carbonyl (C=O) groups is 2. The van der Waals surface area contributed by atoms with Gasteiger partial charge in [0, 0.05) is 12.4 Å². The number of aryl methyl sites for hydroxylation is 1. The SMILES string of the molecule is Cc1oc(-n2cccc2)c(C#N)c1C(=O)O[C@@H](C)C(N)=O. The van der Waals surface area contributed by atoms with Crippen LogP contribution < -0.4 is 5.73 Å². The number of nitriles is 1. The topological polar surface area (TPSA) is 111 Å². The van der Waals surface area contributed by atoms with Crippen LogP contribution in [0.2, 0.25) is 0 Å². The first-order chi connectivity index (χ1) is 9.95. The van der Waals surface area contributed by atoms with Gasteiger partial charge in [-0.15, -0.1) is 0 Å². The normalized spacial score (nSPS) is 11.7. The summed E-state index contributed by atoms with van der Waals surface area (Å²) < 4.78 is 12.0. The molecule has 2 aromatic heterocycles. The third kappa shape index (κ3) is 2.65. The molecule has 2 rings (SSSR count). The number of rotatable bonds is 4. The van der Waals surface area contributed by atoms with Gasteiger partial charge in [-0.2, -0.15) is 5.26 Å². The largest absolute Gasteiger partial charge is 0.449 e. The maximum atomic E-state index is 12.1. The predicted molar refractivity (Wildman–Crippen MR) is 71.6 cm³/mol. The molecule has 0 aromatic carbocycles. The molecule has 0 fully saturated rings. The number of aromatic nitrogens is 1. The monoisotopic (exact) mass is 287 g/mol. The molecule has 0 unspecified atom stereocenters. The highest BCUT2D eigenvalue weighted by atomic mass is 16.5. The summed E-state index contributed by atoms with van der Waals surface area (Å²) in [6, 6.07) is 5.44. The van der Waals surface area contributed by atoms with Crippen LogP contribution in [0.15, 0.2) is 28.9 Å². The average molecular weight is 287 g/mol. The first-order valence-corrected chi connectivity index (χ1v) is 6.12.